The summed E-state index contributed by atoms with van der Waals surface area (Å²) in [6.45, 7) is 2.44. The van der Waals surface area contributed by atoms with E-state index in [1.165, 1.54) is 7.11 Å². The number of nitrogens with zero attached hydrogens (tertiary/aromatic N) is 1. The molecular weight excluding hydrogens is 580 g/mol. The molecule has 0 spiro atoms. The van der Waals surface area contributed by atoms with Gasteiger partial charge in [-0.05, 0) is 80.9 Å². The maximum Gasteiger partial charge on any atom is 0.407 e. The lowest BCUT2D eigenvalue weighted by Crippen LogP contribution is -2.57. The SMILES string of the molecule is COC(=O)N[C@H](C(=O)N[C@H]1CCC[C@@H]1CC[C@H]1CN[C@@H]2CCCS(=O)(=O)N1C2)[C@@H](c1ccc(Cl)cc1)C1CCOCC1. The van der Waals surface area contributed by atoms with Gasteiger partial charge in [0.15, 0.2) is 0 Å². The average Bonchev–Trinajstić information content (AvgIpc) is 3.39. The molecule has 4 aliphatic rings. The number of rotatable bonds is 9. The van der Waals surface area contributed by atoms with Crippen LogP contribution in [0.4, 0.5) is 4.79 Å². The lowest BCUT2D eigenvalue weighted by Gasteiger charge is -2.38. The van der Waals surface area contributed by atoms with E-state index in [1.54, 1.807) is 4.31 Å². The van der Waals surface area contributed by atoms with Crippen molar-refractivity contribution in [2.24, 2.45) is 11.8 Å². The van der Waals surface area contributed by atoms with Gasteiger partial charge in [-0.1, -0.05) is 30.2 Å². The minimum atomic E-state index is -3.24. The van der Waals surface area contributed by atoms with Crippen LogP contribution in [0, 0.1) is 11.8 Å². The molecule has 12 heteroatoms. The maximum atomic E-state index is 14.1. The summed E-state index contributed by atoms with van der Waals surface area (Å²) in [4.78, 5) is 26.6. The summed E-state index contributed by atoms with van der Waals surface area (Å²) in [6, 6.07) is 6.80. The molecule has 234 valence electrons. The monoisotopic (exact) mass is 624 g/mol. The Labute approximate surface area is 254 Å². The quantitative estimate of drug-likeness (QED) is 0.384. The molecule has 7 atom stereocenters. The molecule has 3 heterocycles. The fourth-order valence-corrected chi connectivity index (χ4v) is 9.43. The Hall–Kier alpha value is -1.92. The molecule has 1 aromatic rings. The van der Waals surface area contributed by atoms with Crippen LogP contribution in [-0.2, 0) is 24.3 Å². The molecular formula is C30H45ClN4O6S. The number of fused-ring (bicyclic) bond motifs is 2. The highest BCUT2D eigenvalue weighted by molar-refractivity contribution is 7.89. The molecule has 3 N–H and O–H groups in total. The van der Waals surface area contributed by atoms with Crippen LogP contribution < -0.4 is 16.0 Å². The minimum absolute atomic E-state index is 0.0370. The third kappa shape index (κ3) is 7.59. The van der Waals surface area contributed by atoms with E-state index in [0.717, 1.165) is 56.9 Å². The molecule has 4 fully saturated rings. The van der Waals surface area contributed by atoms with Crippen LogP contribution in [0.25, 0.3) is 0 Å². The number of nitrogens with one attached hydrogen (secondary N) is 3. The second-order valence-electron chi connectivity index (χ2n) is 12.3. The second kappa shape index (κ2) is 14.2. The summed E-state index contributed by atoms with van der Waals surface area (Å²) in [5.41, 5.74) is 0.938. The Kier molecular flexibility index (Phi) is 10.7. The van der Waals surface area contributed by atoms with Crippen LogP contribution in [0.3, 0.4) is 0 Å². The summed E-state index contributed by atoms with van der Waals surface area (Å²) in [7, 11) is -1.94. The Morgan fingerprint density at radius 3 is 2.60 bits per heavy atom. The van der Waals surface area contributed by atoms with E-state index in [1.807, 2.05) is 24.3 Å². The molecule has 10 nitrogen and oxygen atoms in total. The Morgan fingerprint density at radius 2 is 1.86 bits per heavy atom. The molecule has 1 saturated carbocycles. The molecule has 0 aromatic heterocycles. The van der Waals surface area contributed by atoms with Crippen molar-refractivity contribution < 1.29 is 27.5 Å². The molecule has 5 rings (SSSR count). The first-order chi connectivity index (χ1) is 20.2. The number of carbonyl (C=O) groups excluding carboxylic acids is 2. The summed E-state index contributed by atoms with van der Waals surface area (Å²) < 4.78 is 38.2. The third-order valence-electron chi connectivity index (χ3n) is 9.75. The molecule has 1 unspecified atom stereocenters. The number of alkyl carbamates (subject to hydrolysis) is 1. The number of carbonyl (C=O) groups is 2. The molecule has 1 aliphatic carbocycles. The standard InChI is InChI=1S/C30H45ClN4O6S/c1-40-30(37)34-28(27(22-13-15-41-16-14-22)21-7-10-23(31)11-8-21)29(36)33-26-6-2-4-20(26)9-12-25-18-32-24-5-3-17-42(38,39)35(25)19-24/h7-8,10-11,20,22,24-28,32H,2-6,9,12-19H2,1H3,(H,33,36)(H,34,37)/t20-,24-,25+,26+,27+,28+/m1/s1. The molecule has 3 aliphatic heterocycles. The van der Waals surface area contributed by atoms with Crippen LogP contribution in [0.5, 0.6) is 0 Å². The summed E-state index contributed by atoms with van der Waals surface area (Å²) in [5.74, 6) is 0.100. The Balaban J connectivity index is 1.30. The van der Waals surface area contributed by atoms with Gasteiger partial charge in [-0.15, -0.1) is 0 Å². The number of methoxy groups -OCH3 is 1. The number of halogens is 1. The van der Waals surface area contributed by atoms with Crippen molar-refractivity contribution in [1.82, 2.24) is 20.3 Å². The number of sulfonamides is 1. The maximum absolute atomic E-state index is 14.1. The van der Waals surface area contributed by atoms with Crippen molar-refractivity contribution >= 4 is 33.6 Å². The fraction of sp³-hybridized carbons (Fsp3) is 0.733. The lowest BCUT2D eigenvalue weighted by atomic mass is 9.76. The van der Waals surface area contributed by atoms with Gasteiger partial charge >= 0.3 is 6.09 Å². The number of benzene rings is 1. The second-order valence-corrected chi connectivity index (χ2v) is 14.8. The topological polar surface area (TPSA) is 126 Å². The van der Waals surface area contributed by atoms with Gasteiger partial charge in [0.25, 0.3) is 0 Å². The van der Waals surface area contributed by atoms with E-state index >= 15 is 0 Å². The number of hydrogen-bond donors (Lipinski definition) is 3. The zero-order valence-electron chi connectivity index (χ0n) is 24.4. The van der Waals surface area contributed by atoms with Gasteiger partial charge in [0.1, 0.15) is 6.04 Å². The smallest absolute Gasteiger partial charge is 0.407 e. The van der Waals surface area contributed by atoms with Gasteiger partial charge in [-0.2, -0.15) is 4.31 Å². The highest BCUT2D eigenvalue weighted by Gasteiger charge is 2.41. The first-order valence-electron chi connectivity index (χ1n) is 15.5. The van der Waals surface area contributed by atoms with Crippen molar-refractivity contribution in [2.75, 3.05) is 39.2 Å². The van der Waals surface area contributed by atoms with Crippen LogP contribution in [-0.4, -0.2) is 88.1 Å². The zero-order chi connectivity index (χ0) is 29.7. The number of hydrogen-bond acceptors (Lipinski definition) is 7. The van der Waals surface area contributed by atoms with Crippen LogP contribution >= 0.6 is 11.6 Å². The predicted octanol–water partition coefficient (Wildman–Crippen LogP) is 3.41. The van der Waals surface area contributed by atoms with Crippen LogP contribution in [0.15, 0.2) is 24.3 Å². The van der Waals surface area contributed by atoms with Crippen molar-refractivity contribution in [2.45, 2.75) is 87.9 Å². The van der Waals surface area contributed by atoms with E-state index in [2.05, 4.69) is 16.0 Å². The fourth-order valence-electron chi connectivity index (χ4n) is 7.50. The molecule has 0 radical (unpaired) electrons. The van der Waals surface area contributed by atoms with Crippen LogP contribution in [0.1, 0.15) is 69.3 Å². The van der Waals surface area contributed by atoms with E-state index in [4.69, 9.17) is 21.1 Å². The molecule has 42 heavy (non-hydrogen) atoms. The Bertz CT molecular complexity index is 1180. The van der Waals surface area contributed by atoms with Crippen molar-refractivity contribution in [3.63, 3.8) is 0 Å². The third-order valence-corrected chi connectivity index (χ3v) is 12.0. The Morgan fingerprint density at radius 1 is 1.10 bits per heavy atom. The number of amides is 2. The highest BCUT2D eigenvalue weighted by atomic mass is 35.5. The largest absolute Gasteiger partial charge is 0.453 e. The van der Waals surface area contributed by atoms with Gasteiger partial charge in [0, 0.05) is 55.4 Å². The first kappa shape index (κ1) is 31.5. The predicted molar refractivity (Wildman–Crippen MR) is 161 cm³/mol. The molecule has 3 saturated heterocycles. The molecule has 2 amide bonds. The lowest BCUT2D eigenvalue weighted by molar-refractivity contribution is -0.125. The first-order valence-corrected chi connectivity index (χ1v) is 17.4. The van der Waals surface area contributed by atoms with Crippen molar-refractivity contribution in [1.29, 1.82) is 0 Å². The van der Waals surface area contributed by atoms with E-state index in [9.17, 15) is 18.0 Å². The van der Waals surface area contributed by atoms with Crippen LogP contribution in [0.2, 0.25) is 5.02 Å². The summed E-state index contributed by atoms with van der Waals surface area (Å²) >= 11 is 6.19. The van der Waals surface area contributed by atoms with Gasteiger partial charge in [0.2, 0.25) is 15.9 Å². The number of piperazine rings is 1. The van der Waals surface area contributed by atoms with E-state index in [-0.39, 0.29) is 47.5 Å². The van der Waals surface area contributed by atoms with Gasteiger partial charge in [-0.25, -0.2) is 13.2 Å². The average molecular weight is 625 g/mol. The summed E-state index contributed by atoms with van der Waals surface area (Å²) in [6.07, 6.45) is 6.94. The molecule has 2 bridgehead atoms. The summed E-state index contributed by atoms with van der Waals surface area (Å²) in [5, 5.41) is 10.3. The van der Waals surface area contributed by atoms with Gasteiger partial charge in [0.05, 0.1) is 12.9 Å². The minimum Gasteiger partial charge on any atom is -0.453 e. The number of ether oxygens (including phenoxy) is 2. The normalized spacial score (nSPS) is 31.0. The van der Waals surface area contributed by atoms with Gasteiger partial charge < -0.3 is 25.4 Å². The van der Waals surface area contributed by atoms with Crippen molar-refractivity contribution in [3.8, 4) is 0 Å². The van der Waals surface area contributed by atoms with Gasteiger partial charge in [-0.3, -0.25) is 4.79 Å². The zero-order valence-corrected chi connectivity index (χ0v) is 26.0. The van der Waals surface area contributed by atoms with Crippen molar-refractivity contribution in [3.05, 3.63) is 34.9 Å². The van der Waals surface area contributed by atoms with E-state index < -0.39 is 22.2 Å². The van der Waals surface area contributed by atoms with E-state index in [0.29, 0.717) is 37.7 Å². The molecule has 1 aromatic carbocycles. The highest BCUT2D eigenvalue weighted by Crippen LogP contribution is 2.37.